The van der Waals surface area contributed by atoms with Gasteiger partial charge in [-0.1, -0.05) is 19.9 Å². The molecule has 1 aliphatic rings. The zero-order valence-corrected chi connectivity index (χ0v) is 10.7. The zero-order chi connectivity index (χ0) is 12.7. The molecule has 96 valence electrons. The van der Waals surface area contributed by atoms with Crippen molar-refractivity contribution in [3.63, 3.8) is 0 Å². The maximum atomic E-state index is 11.8. The topological polar surface area (TPSA) is 44.8 Å². The van der Waals surface area contributed by atoms with Crippen LogP contribution in [-0.4, -0.2) is 12.3 Å². The Morgan fingerprint density at radius 1 is 1.41 bits per heavy atom. The molecular formula is C13H20NO3-. The highest BCUT2D eigenvalue weighted by Gasteiger charge is 2.10. The molecule has 0 heterocycles. The molecule has 0 bridgehead atoms. The molecule has 0 aromatic carbocycles. The van der Waals surface area contributed by atoms with Crippen LogP contribution in [0.25, 0.3) is 0 Å². The second-order valence-corrected chi connectivity index (χ2v) is 3.76. The van der Waals surface area contributed by atoms with Crippen LogP contribution >= 0.6 is 0 Å². The Balaban J connectivity index is 2.54. The first-order valence-electron chi connectivity index (χ1n) is 5.97. The van der Waals surface area contributed by atoms with E-state index >= 15 is 0 Å². The van der Waals surface area contributed by atoms with E-state index < -0.39 is 0 Å². The quantitative estimate of drug-likeness (QED) is 0.663. The van der Waals surface area contributed by atoms with Gasteiger partial charge in [0.15, 0.2) is 0 Å². The summed E-state index contributed by atoms with van der Waals surface area (Å²) in [6.07, 6.45) is 8.52. The van der Waals surface area contributed by atoms with Gasteiger partial charge >= 0.3 is 0 Å². The number of hydrogen-bond donors (Lipinski definition) is 0. The van der Waals surface area contributed by atoms with Crippen molar-refractivity contribution < 1.29 is 9.57 Å². The van der Waals surface area contributed by atoms with Crippen LogP contribution in [0.3, 0.4) is 0 Å². The van der Waals surface area contributed by atoms with Gasteiger partial charge in [0.05, 0.1) is 19.3 Å². The Morgan fingerprint density at radius 2 is 2.12 bits per heavy atom. The van der Waals surface area contributed by atoms with Gasteiger partial charge in [0, 0.05) is 5.70 Å². The first-order chi connectivity index (χ1) is 8.21. The van der Waals surface area contributed by atoms with Crippen LogP contribution < -0.4 is 0 Å². The highest BCUT2D eigenvalue weighted by atomic mass is 16.9. The predicted octanol–water partition coefficient (Wildman–Crippen LogP) is 3.63. The Bertz CT molecular complexity index is 332. The average Bonchev–Trinajstić information content (AvgIpc) is 2.36. The van der Waals surface area contributed by atoms with Crippen LogP contribution in [-0.2, 0) is 9.57 Å². The van der Waals surface area contributed by atoms with E-state index in [0.717, 1.165) is 18.6 Å². The summed E-state index contributed by atoms with van der Waals surface area (Å²) in [5.41, 5.74) is 0.655. The standard InChI is InChI=1S/C13H20NO3/c1-4-7-11(5-2)14(15)17-13-9-6-8-12(10-13)16-3/h7-9H,4-6,10H2,1-3H3/q-1/b11-7+. The van der Waals surface area contributed by atoms with Crippen molar-refractivity contribution in [1.29, 1.82) is 0 Å². The van der Waals surface area contributed by atoms with Crippen LogP contribution in [0.1, 0.15) is 39.5 Å². The maximum Gasteiger partial charge on any atom is 0.135 e. The molecule has 0 unspecified atom stereocenters. The van der Waals surface area contributed by atoms with Gasteiger partial charge < -0.3 is 14.8 Å². The molecule has 17 heavy (non-hydrogen) atoms. The molecule has 1 rings (SSSR count). The van der Waals surface area contributed by atoms with E-state index in [1.54, 1.807) is 7.11 Å². The van der Waals surface area contributed by atoms with Gasteiger partial charge in [-0.25, -0.2) is 0 Å². The van der Waals surface area contributed by atoms with E-state index in [0.29, 0.717) is 29.5 Å². The predicted molar refractivity (Wildman–Crippen MR) is 67.4 cm³/mol. The van der Waals surface area contributed by atoms with Crippen molar-refractivity contribution in [2.45, 2.75) is 39.5 Å². The van der Waals surface area contributed by atoms with E-state index in [1.807, 2.05) is 32.1 Å². The van der Waals surface area contributed by atoms with Crippen LogP contribution in [0, 0.1) is 5.21 Å². The number of methoxy groups -OCH3 is 1. The number of nitrogens with zero attached hydrogens (tertiary/aromatic N) is 1. The minimum atomic E-state index is 0.540. The molecule has 4 nitrogen and oxygen atoms in total. The lowest BCUT2D eigenvalue weighted by Crippen LogP contribution is -2.17. The van der Waals surface area contributed by atoms with Crippen LogP contribution in [0.2, 0.25) is 0 Å². The van der Waals surface area contributed by atoms with E-state index in [9.17, 15) is 5.21 Å². The number of hydrogen-bond acceptors (Lipinski definition) is 4. The molecule has 0 aliphatic heterocycles. The SMILES string of the molecule is CC/C=C(\CC)N([O-])OC1=CCC=C(OC)C1. The summed E-state index contributed by atoms with van der Waals surface area (Å²) < 4.78 is 5.14. The minimum absolute atomic E-state index is 0.540. The van der Waals surface area contributed by atoms with Gasteiger partial charge in [0.25, 0.3) is 0 Å². The Hall–Kier alpha value is -1.42. The van der Waals surface area contributed by atoms with Crippen LogP contribution in [0.4, 0.5) is 0 Å². The highest BCUT2D eigenvalue weighted by Crippen LogP contribution is 2.22. The van der Waals surface area contributed by atoms with E-state index in [4.69, 9.17) is 9.57 Å². The highest BCUT2D eigenvalue weighted by molar-refractivity contribution is 5.14. The third kappa shape index (κ3) is 4.15. The molecule has 0 fully saturated rings. The minimum Gasteiger partial charge on any atom is -0.724 e. The molecule has 0 atom stereocenters. The zero-order valence-electron chi connectivity index (χ0n) is 10.7. The fourth-order valence-corrected chi connectivity index (χ4v) is 1.61. The van der Waals surface area contributed by atoms with Crippen molar-refractivity contribution in [3.8, 4) is 0 Å². The van der Waals surface area contributed by atoms with Gasteiger partial charge in [-0.3, -0.25) is 5.23 Å². The van der Waals surface area contributed by atoms with Crippen molar-refractivity contribution in [1.82, 2.24) is 5.23 Å². The third-order valence-corrected chi connectivity index (χ3v) is 2.54. The van der Waals surface area contributed by atoms with Crippen molar-refractivity contribution in [2.24, 2.45) is 0 Å². The number of hydroxylamine groups is 2. The van der Waals surface area contributed by atoms with Gasteiger partial charge in [-0.2, -0.15) is 0 Å². The summed E-state index contributed by atoms with van der Waals surface area (Å²) in [5.74, 6) is 1.49. The Labute approximate surface area is 103 Å². The largest absolute Gasteiger partial charge is 0.724 e. The summed E-state index contributed by atoms with van der Waals surface area (Å²) in [4.78, 5) is 5.28. The lowest BCUT2D eigenvalue weighted by molar-refractivity contribution is -0.0514. The van der Waals surface area contributed by atoms with Crippen molar-refractivity contribution >= 4 is 0 Å². The van der Waals surface area contributed by atoms with Gasteiger partial charge in [0.2, 0.25) is 0 Å². The molecule has 0 radical (unpaired) electrons. The molecule has 0 N–H and O–H groups in total. The smallest absolute Gasteiger partial charge is 0.135 e. The third-order valence-electron chi connectivity index (χ3n) is 2.54. The lowest BCUT2D eigenvalue weighted by atomic mass is 10.1. The molecule has 0 spiro atoms. The van der Waals surface area contributed by atoms with Crippen LogP contribution in [0.15, 0.2) is 35.4 Å². The lowest BCUT2D eigenvalue weighted by Gasteiger charge is -2.33. The Kier molecular flexibility index (Phi) is 5.63. The summed E-state index contributed by atoms with van der Waals surface area (Å²) >= 11 is 0. The van der Waals surface area contributed by atoms with E-state index in [1.165, 1.54) is 0 Å². The first kappa shape index (κ1) is 13.6. The molecule has 0 saturated carbocycles. The molecule has 4 heteroatoms. The van der Waals surface area contributed by atoms with Crippen molar-refractivity contribution in [3.05, 3.63) is 40.7 Å². The summed E-state index contributed by atoms with van der Waals surface area (Å²) in [5, 5.41) is 12.4. The second kappa shape index (κ2) is 7.01. The second-order valence-electron chi connectivity index (χ2n) is 3.76. The number of ether oxygens (including phenoxy) is 1. The number of rotatable bonds is 6. The molecule has 1 aliphatic carbocycles. The monoisotopic (exact) mass is 238 g/mol. The van der Waals surface area contributed by atoms with Crippen LogP contribution in [0.5, 0.6) is 0 Å². The summed E-state index contributed by atoms with van der Waals surface area (Å²) in [7, 11) is 1.62. The molecule has 0 saturated heterocycles. The average molecular weight is 238 g/mol. The summed E-state index contributed by atoms with van der Waals surface area (Å²) in [6.45, 7) is 3.93. The Morgan fingerprint density at radius 3 is 2.71 bits per heavy atom. The van der Waals surface area contributed by atoms with Gasteiger partial charge in [-0.05, 0) is 31.4 Å². The molecule has 0 aromatic rings. The van der Waals surface area contributed by atoms with E-state index in [-0.39, 0.29) is 0 Å². The molecular weight excluding hydrogens is 218 g/mol. The van der Waals surface area contributed by atoms with Gasteiger partial charge in [0.1, 0.15) is 5.76 Å². The molecule has 0 amide bonds. The van der Waals surface area contributed by atoms with Gasteiger partial charge in [-0.15, -0.1) is 0 Å². The van der Waals surface area contributed by atoms with Crippen molar-refractivity contribution in [2.75, 3.05) is 7.11 Å². The normalized spacial score (nSPS) is 16.1. The fraction of sp³-hybridized carbons (Fsp3) is 0.538. The maximum absolute atomic E-state index is 11.8. The summed E-state index contributed by atoms with van der Waals surface area (Å²) in [6, 6.07) is 0. The number of allylic oxidation sites excluding steroid dienone is 4. The first-order valence-corrected chi connectivity index (χ1v) is 5.97. The van der Waals surface area contributed by atoms with E-state index in [2.05, 4.69) is 0 Å². The molecule has 0 aromatic heterocycles. The fourth-order valence-electron chi connectivity index (χ4n) is 1.61.